The highest BCUT2D eigenvalue weighted by atomic mass is 15.3. The Bertz CT molecular complexity index is 531. The Morgan fingerprint density at radius 1 is 1.00 bits per heavy atom. The second-order valence-electron chi connectivity index (χ2n) is 7.62. The van der Waals surface area contributed by atoms with Crippen molar-refractivity contribution in [2.75, 3.05) is 44.2 Å². The first-order valence-electron chi connectivity index (χ1n) is 10.4. The Balaban J connectivity index is 1.26. The van der Waals surface area contributed by atoms with E-state index in [1.165, 1.54) is 50.8 Å². The zero-order chi connectivity index (χ0) is 18.0. The van der Waals surface area contributed by atoms with E-state index in [4.69, 9.17) is 5.73 Å². The van der Waals surface area contributed by atoms with Gasteiger partial charge < -0.3 is 16.0 Å². The van der Waals surface area contributed by atoms with Gasteiger partial charge in [-0.05, 0) is 44.4 Å². The predicted molar refractivity (Wildman–Crippen MR) is 111 cm³/mol. The molecule has 0 amide bonds. The van der Waals surface area contributed by atoms with Crippen LogP contribution in [-0.4, -0.2) is 56.2 Å². The average Bonchev–Trinajstić information content (AvgIpc) is 2.70. The van der Waals surface area contributed by atoms with Crippen molar-refractivity contribution in [2.24, 2.45) is 10.7 Å². The van der Waals surface area contributed by atoms with Gasteiger partial charge in [-0.3, -0.25) is 9.89 Å². The van der Waals surface area contributed by atoms with Crippen LogP contribution in [0.25, 0.3) is 0 Å². The summed E-state index contributed by atoms with van der Waals surface area (Å²) >= 11 is 0. The standard InChI is InChI=1S/C21H35N5/c22-21(24-19-9-3-1-4-10-19)23-13-7-8-14-25-15-17-26(18-16-25)20-11-5-2-6-12-20/h2,5-6,11-12,19H,1,3-4,7-10,13-18H2,(H3,22,23,24). The molecule has 0 atom stereocenters. The van der Waals surface area contributed by atoms with Gasteiger partial charge in [0.1, 0.15) is 0 Å². The molecule has 1 aliphatic carbocycles. The van der Waals surface area contributed by atoms with Crippen LogP contribution in [0.3, 0.4) is 0 Å². The number of anilines is 1. The maximum Gasteiger partial charge on any atom is 0.188 e. The third-order valence-corrected chi connectivity index (χ3v) is 5.62. The largest absolute Gasteiger partial charge is 0.370 e. The van der Waals surface area contributed by atoms with E-state index in [9.17, 15) is 0 Å². The highest BCUT2D eigenvalue weighted by molar-refractivity contribution is 5.78. The number of rotatable bonds is 7. The van der Waals surface area contributed by atoms with E-state index < -0.39 is 0 Å². The number of nitrogens with two attached hydrogens (primary N) is 1. The summed E-state index contributed by atoms with van der Waals surface area (Å²) in [6.07, 6.45) is 8.81. The number of hydrogen-bond acceptors (Lipinski definition) is 3. The molecule has 0 spiro atoms. The van der Waals surface area contributed by atoms with Gasteiger partial charge in [-0.2, -0.15) is 0 Å². The monoisotopic (exact) mass is 357 g/mol. The smallest absolute Gasteiger partial charge is 0.188 e. The minimum Gasteiger partial charge on any atom is -0.370 e. The lowest BCUT2D eigenvalue weighted by Crippen LogP contribution is -2.46. The number of hydrogen-bond donors (Lipinski definition) is 2. The van der Waals surface area contributed by atoms with Gasteiger partial charge in [-0.1, -0.05) is 37.5 Å². The van der Waals surface area contributed by atoms with Gasteiger partial charge in [-0.15, -0.1) is 0 Å². The van der Waals surface area contributed by atoms with E-state index in [0.717, 1.165) is 39.1 Å². The first kappa shape index (κ1) is 19.0. The zero-order valence-corrected chi connectivity index (χ0v) is 16.1. The molecule has 1 heterocycles. The molecule has 1 aromatic rings. The molecule has 144 valence electrons. The third kappa shape index (κ3) is 6.20. The number of piperazine rings is 1. The van der Waals surface area contributed by atoms with Crippen molar-refractivity contribution in [3.8, 4) is 0 Å². The maximum absolute atomic E-state index is 6.02. The summed E-state index contributed by atoms with van der Waals surface area (Å²) in [5.74, 6) is 0.647. The number of nitrogens with one attached hydrogen (secondary N) is 1. The summed E-state index contributed by atoms with van der Waals surface area (Å²) in [6.45, 7) is 6.58. The Labute approximate surface area is 158 Å². The van der Waals surface area contributed by atoms with Crippen LogP contribution in [0.15, 0.2) is 35.3 Å². The van der Waals surface area contributed by atoms with Crippen molar-refractivity contribution in [3.63, 3.8) is 0 Å². The fourth-order valence-electron chi connectivity index (χ4n) is 4.02. The van der Waals surface area contributed by atoms with Gasteiger partial charge in [0.15, 0.2) is 5.96 Å². The highest BCUT2D eigenvalue weighted by Crippen LogP contribution is 2.17. The molecule has 26 heavy (non-hydrogen) atoms. The fourth-order valence-corrected chi connectivity index (χ4v) is 4.02. The Morgan fingerprint density at radius 2 is 1.73 bits per heavy atom. The van der Waals surface area contributed by atoms with Crippen LogP contribution >= 0.6 is 0 Å². The molecule has 1 aliphatic heterocycles. The molecule has 5 nitrogen and oxygen atoms in total. The van der Waals surface area contributed by atoms with E-state index >= 15 is 0 Å². The van der Waals surface area contributed by atoms with Crippen molar-refractivity contribution < 1.29 is 0 Å². The molecule has 0 bridgehead atoms. The summed E-state index contributed by atoms with van der Waals surface area (Å²) < 4.78 is 0. The van der Waals surface area contributed by atoms with Crippen LogP contribution in [0, 0.1) is 0 Å². The molecule has 0 unspecified atom stereocenters. The predicted octanol–water partition coefficient (Wildman–Crippen LogP) is 2.83. The molecular weight excluding hydrogens is 322 g/mol. The molecule has 0 aromatic heterocycles. The highest BCUT2D eigenvalue weighted by Gasteiger charge is 2.16. The minimum absolute atomic E-state index is 0.549. The van der Waals surface area contributed by atoms with E-state index in [-0.39, 0.29) is 0 Å². The first-order chi connectivity index (χ1) is 12.8. The number of guanidine groups is 1. The lowest BCUT2D eigenvalue weighted by atomic mass is 9.96. The number of para-hydroxylation sites is 1. The van der Waals surface area contributed by atoms with Crippen LogP contribution < -0.4 is 16.0 Å². The second-order valence-corrected chi connectivity index (χ2v) is 7.62. The van der Waals surface area contributed by atoms with Crippen LogP contribution in [0.2, 0.25) is 0 Å². The quantitative estimate of drug-likeness (QED) is 0.448. The molecular formula is C21H35N5. The van der Waals surface area contributed by atoms with Crippen molar-refractivity contribution in [1.29, 1.82) is 0 Å². The molecule has 3 N–H and O–H groups in total. The third-order valence-electron chi connectivity index (χ3n) is 5.62. The van der Waals surface area contributed by atoms with E-state index in [2.05, 4.69) is 50.4 Å². The summed E-state index contributed by atoms with van der Waals surface area (Å²) in [5.41, 5.74) is 7.37. The zero-order valence-electron chi connectivity index (χ0n) is 16.1. The summed E-state index contributed by atoms with van der Waals surface area (Å²) in [6, 6.07) is 11.3. The fraction of sp³-hybridized carbons (Fsp3) is 0.667. The Kier molecular flexibility index (Phi) is 7.62. The molecule has 1 aromatic carbocycles. The number of nitrogens with zero attached hydrogens (tertiary/aromatic N) is 3. The lowest BCUT2D eigenvalue weighted by Gasteiger charge is -2.36. The van der Waals surface area contributed by atoms with Gasteiger partial charge in [0, 0.05) is 44.5 Å². The van der Waals surface area contributed by atoms with Gasteiger partial charge in [-0.25, -0.2) is 0 Å². The van der Waals surface area contributed by atoms with Crippen molar-refractivity contribution in [1.82, 2.24) is 10.2 Å². The van der Waals surface area contributed by atoms with Gasteiger partial charge in [0.2, 0.25) is 0 Å². The molecule has 0 radical (unpaired) electrons. The lowest BCUT2D eigenvalue weighted by molar-refractivity contribution is 0.253. The summed E-state index contributed by atoms with van der Waals surface area (Å²) in [4.78, 5) is 9.57. The van der Waals surface area contributed by atoms with Crippen LogP contribution in [0.4, 0.5) is 5.69 Å². The second kappa shape index (κ2) is 10.4. The maximum atomic E-state index is 6.02. The van der Waals surface area contributed by atoms with Crippen LogP contribution in [0.1, 0.15) is 44.9 Å². The molecule has 1 saturated heterocycles. The molecule has 5 heteroatoms. The van der Waals surface area contributed by atoms with Crippen molar-refractivity contribution in [3.05, 3.63) is 30.3 Å². The molecule has 3 rings (SSSR count). The van der Waals surface area contributed by atoms with Crippen LogP contribution in [-0.2, 0) is 0 Å². The average molecular weight is 358 g/mol. The Morgan fingerprint density at radius 3 is 2.46 bits per heavy atom. The van der Waals surface area contributed by atoms with Crippen molar-refractivity contribution in [2.45, 2.75) is 51.0 Å². The van der Waals surface area contributed by atoms with Gasteiger partial charge in [0.05, 0.1) is 0 Å². The summed E-state index contributed by atoms with van der Waals surface area (Å²) in [5, 5.41) is 3.39. The minimum atomic E-state index is 0.549. The molecule has 2 aliphatic rings. The number of unbranched alkanes of at least 4 members (excludes halogenated alkanes) is 1. The topological polar surface area (TPSA) is 56.9 Å². The van der Waals surface area contributed by atoms with Gasteiger partial charge >= 0.3 is 0 Å². The van der Waals surface area contributed by atoms with Gasteiger partial charge in [0.25, 0.3) is 0 Å². The SMILES string of the molecule is NC(=NCCCCN1CCN(c2ccccc2)CC1)NC1CCCCC1. The van der Waals surface area contributed by atoms with Crippen molar-refractivity contribution >= 4 is 11.6 Å². The molecule has 1 saturated carbocycles. The van der Waals surface area contributed by atoms with E-state index in [1.807, 2.05) is 0 Å². The normalized spacial score (nSPS) is 20.3. The van der Waals surface area contributed by atoms with E-state index in [1.54, 1.807) is 0 Å². The first-order valence-corrected chi connectivity index (χ1v) is 10.4. The number of aliphatic imine (C=N–C) groups is 1. The van der Waals surface area contributed by atoms with Crippen LogP contribution in [0.5, 0.6) is 0 Å². The van der Waals surface area contributed by atoms with E-state index in [0.29, 0.717) is 12.0 Å². The summed E-state index contributed by atoms with van der Waals surface area (Å²) in [7, 11) is 0. The molecule has 2 fully saturated rings. The Hall–Kier alpha value is -1.75. The number of benzene rings is 1.